The molecule has 2 atom stereocenters. The van der Waals surface area contributed by atoms with Crippen LogP contribution in [0.15, 0.2) is 5.16 Å². The molecule has 3 nitrogen and oxygen atoms in total. The fraction of sp³-hybridized carbons (Fsp3) is 0.778. The number of hydrogen-bond donors (Lipinski definition) is 0. The number of hydrogen-bond acceptors (Lipinski definition) is 3. The number of carbonyl (C=O) groups excluding carboxylic acids is 1. The van der Waals surface area contributed by atoms with Crippen molar-refractivity contribution in [3.63, 3.8) is 0 Å². The van der Waals surface area contributed by atoms with E-state index in [4.69, 9.17) is 4.84 Å². The van der Waals surface area contributed by atoms with Gasteiger partial charge in [-0.3, -0.25) is 4.79 Å². The van der Waals surface area contributed by atoms with Crippen molar-refractivity contribution in [2.45, 2.75) is 38.2 Å². The average Bonchev–Trinajstić information content (AvgIpc) is 2.56. The molecular formula is C9H13NO2. The standard InChI is InChI=1S/C9H13NO2/c11-8-3-1-2-7(6-8)9-4-5-10-12-9/h5,7,9H,1-4,6H2. The first-order valence-corrected chi connectivity index (χ1v) is 4.55. The highest BCUT2D eigenvalue weighted by molar-refractivity contribution is 5.79. The van der Waals surface area contributed by atoms with E-state index in [1.165, 1.54) is 0 Å². The second kappa shape index (κ2) is 3.25. The van der Waals surface area contributed by atoms with E-state index in [0.29, 0.717) is 18.1 Å². The van der Waals surface area contributed by atoms with Crippen LogP contribution in [-0.2, 0) is 9.63 Å². The molecule has 0 aromatic heterocycles. The lowest BCUT2D eigenvalue weighted by Crippen LogP contribution is -2.26. The summed E-state index contributed by atoms with van der Waals surface area (Å²) < 4.78 is 0. The molecule has 0 aromatic rings. The van der Waals surface area contributed by atoms with Crippen molar-refractivity contribution in [2.24, 2.45) is 11.1 Å². The van der Waals surface area contributed by atoms with Gasteiger partial charge in [0.15, 0.2) is 0 Å². The number of ketones is 1. The molecule has 0 saturated heterocycles. The molecule has 2 rings (SSSR count). The van der Waals surface area contributed by atoms with Gasteiger partial charge in [-0.15, -0.1) is 0 Å². The van der Waals surface area contributed by atoms with Gasteiger partial charge in [-0.05, 0) is 12.8 Å². The van der Waals surface area contributed by atoms with Crippen molar-refractivity contribution < 1.29 is 9.63 Å². The van der Waals surface area contributed by atoms with E-state index in [1.807, 2.05) is 0 Å². The molecule has 0 amide bonds. The lowest BCUT2D eigenvalue weighted by Gasteiger charge is -2.24. The zero-order valence-electron chi connectivity index (χ0n) is 7.03. The van der Waals surface area contributed by atoms with Crippen molar-refractivity contribution in [1.29, 1.82) is 0 Å². The maximum absolute atomic E-state index is 11.1. The third-order valence-electron chi connectivity index (χ3n) is 2.65. The first-order valence-electron chi connectivity index (χ1n) is 4.55. The average molecular weight is 167 g/mol. The monoisotopic (exact) mass is 167 g/mol. The number of rotatable bonds is 1. The maximum atomic E-state index is 11.1. The predicted molar refractivity (Wildman–Crippen MR) is 44.9 cm³/mol. The summed E-state index contributed by atoms with van der Waals surface area (Å²) in [7, 11) is 0. The van der Waals surface area contributed by atoms with E-state index >= 15 is 0 Å². The van der Waals surface area contributed by atoms with Crippen LogP contribution in [0.2, 0.25) is 0 Å². The third-order valence-corrected chi connectivity index (χ3v) is 2.65. The highest BCUT2D eigenvalue weighted by Crippen LogP contribution is 2.28. The fourth-order valence-electron chi connectivity index (χ4n) is 1.96. The van der Waals surface area contributed by atoms with Crippen LogP contribution in [0.1, 0.15) is 32.1 Å². The molecule has 3 heteroatoms. The first-order chi connectivity index (χ1) is 5.86. The number of nitrogens with zero attached hydrogens (tertiary/aromatic N) is 1. The van der Waals surface area contributed by atoms with E-state index in [1.54, 1.807) is 6.21 Å². The van der Waals surface area contributed by atoms with Crippen molar-refractivity contribution in [3.8, 4) is 0 Å². The minimum absolute atomic E-state index is 0.189. The van der Waals surface area contributed by atoms with E-state index in [2.05, 4.69) is 5.16 Å². The Balaban J connectivity index is 1.90. The molecule has 1 fully saturated rings. The summed E-state index contributed by atoms with van der Waals surface area (Å²) in [5.41, 5.74) is 0. The molecular weight excluding hydrogens is 154 g/mol. The number of carbonyl (C=O) groups is 1. The number of Topliss-reactive ketones (excluding diaryl/α,β-unsaturated/α-hetero) is 1. The van der Waals surface area contributed by atoms with Crippen LogP contribution in [0.5, 0.6) is 0 Å². The Kier molecular flexibility index (Phi) is 2.11. The van der Waals surface area contributed by atoms with Gasteiger partial charge < -0.3 is 4.84 Å². The lowest BCUT2D eigenvalue weighted by molar-refractivity contribution is -0.123. The van der Waals surface area contributed by atoms with E-state index in [9.17, 15) is 4.79 Å². The maximum Gasteiger partial charge on any atom is 0.135 e. The quantitative estimate of drug-likeness (QED) is 0.594. The third kappa shape index (κ3) is 1.49. The van der Waals surface area contributed by atoms with Crippen LogP contribution < -0.4 is 0 Å². The lowest BCUT2D eigenvalue weighted by atomic mass is 9.84. The Labute approximate surface area is 71.8 Å². The first kappa shape index (κ1) is 7.77. The minimum atomic E-state index is 0.189. The van der Waals surface area contributed by atoms with E-state index in [0.717, 1.165) is 25.7 Å². The van der Waals surface area contributed by atoms with Gasteiger partial charge >= 0.3 is 0 Å². The van der Waals surface area contributed by atoms with Crippen molar-refractivity contribution in [1.82, 2.24) is 0 Å². The summed E-state index contributed by atoms with van der Waals surface area (Å²) in [6, 6.07) is 0. The Morgan fingerprint density at radius 2 is 2.50 bits per heavy atom. The van der Waals surface area contributed by atoms with Gasteiger partial charge in [0, 0.05) is 31.4 Å². The predicted octanol–water partition coefficient (Wildman–Crippen LogP) is 1.52. The molecule has 1 heterocycles. The summed E-state index contributed by atoms with van der Waals surface area (Å²) in [5, 5.41) is 3.73. The molecule has 1 saturated carbocycles. The second-order valence-electron chi connectivity index (χ2n) is 3.56. The summed E-state index contributed by atoms with van der Waals surface area (Å²) in [4.78, 5) is 16.3. The van der Waals surface area contributed by atoms with Crippen LogP contribution in [0.3, 0.4) is 0 Å². The molecule has 0 spiro atoms. The fourth-order valence-corrected chi connectivity index (χ4v) is 1.96. The summed E-state index contributed by atoms with van der Waals surface area (Å²) in [6.07, 6.45) is 6.50. The molecule has 0 radical (unpaired) electrons. The second-order valence-corrected chi connectivity index (χ2v) is 3.56. The van der Waals surface area contributed by atoms with E-state index in [-0.39, 0.29) is 6.10 Å². The van der Waals surface area contributed by atoms with Gasteiger partial charge in [-0.2, -0.15) is 0 Å². The van der Waals surface area contributed by atoms with Gasteiger partial charge in [-0.25, -0.2) is 0 Å². The molecule has 0 aromatic carbocycles. The van der Waals surface area contributed by atoms with Crippen LogP contribution in [0.25, 0.3) is 0 Å². The largest absolute Gasteiger partial charge is 0.392 e. The highest BCUT2D eigenvalue weighted by atomic mass is 16.6. The SMILES string of the molecule is O=C1CCCC(C2CC=NO2)C1. The molecule has 1 aliphatic carbocycles. The van der Waals surface area contributed by atoms with Gasteiger partial charge in [0.2, 0.25) is 0 Å². The highest BCUT2D eigenvalue weighted by Gasteiger charge is 2.29. The smallest absolute Gasteiger partial charge is 0.135 e. The Morgan fingerprint density at radius 1 is 1.58 bits per heavy atom. The molecule has 2 aliphatic rings. The molecule has 0 N–H and O–H groups in total. The Morgan fingerprint density at radius 3 is 3.17 bits per heavy atom. The van der Waals surface area contributed by atoms with Gasteiger partial charge in [0.25, 0.3) is 0 Å². The van der Waals surface area contributed by atoms with Crippen molar-refractivity contribution >= 4 is 12.0 Å². The van der Waals surface area contributed by atoms with Gasteiger partial charge in [0.1, 0.15) is 11.9 Å². The normalized spacial score (nSPS) is 35.2. The van der Waals surface area contributed by atoms with Crippen molar-refractivity contribution in [2.75, 3.05) is 0 Å². The molecule has 66 valence electrons. The van der Waals surface area contributed by atoms with Crippen LogP contribution in [0.4, 0.5) is 0 Å². The number of oxime groups is 1. The molecule has 2 unspecified atom stereocenters. The molecule has 12 heavy (non-hydrogen) atoms. The van der Waals surface area contributed by atoms with E-state index < -0.39 is 0 Å². The van der Waals surface area contributed by atoms with Crippen molar-refractivity contribution in [3.05, 3.63) is 0 Å². The molecule has 0 bridgehead atoms. The van der Waals surface area contributed by atoms with Crippen LogP contribution >= 0.6 is 0 Å². The Bertz CT molecular complexity index is 205. The van der Waals surface area contributed by atoms with Gasteiger partial charge in [0.05, 0.1) is 0 Å². The van der Waals surface area contributed by atoms with Gasteiger partial charge in [-0.1, -0.05) is 5.16 Å². The topological polar surface area (TPSA) is 38.7 Å². The van der Waals surface area contributed by atoms with Crippen LogP contribution in [0, 0.1) is 5.92 Å². The minimum Gasteiger partial charge on any atom is -0.392 e. The molecule has 1 aliphatic heterocycles. The summed E-state index contributed by atoms with van der Waals surface area (Å²) in [5.74, 6) is 0.815. The van der Waals surface area contributed by atoms with Crippen LogP contribution in [-0.4, -0.2) is 18.1 Å². The summed E-state index contributed by atoms with van der Waals surface area (Å²) >= 11 is 0. The zero-order chi connectivity index (χ0) is 8.39. The zero-order valence-corrected chi connectivity index (χ0v) is 7.03. The Hall–Kier alpha value is -0.860. The summed E-state index contributed by atoms with van der Waals surface area (Å²) in [6.45, 7) is 0.